The number of likely N-dealkylation sites (tertiary alicyclic amines) is 1. The van der Waals surface area contributed by atoms with Gasteiger partial charge in [0, 0.05) is 35.6 Å². The van der Waals surface area contributed by atoms with Crippen molar-refractivity contribution in [2.24, 2.45) is 13.0 Å². The van der Waals surface area contributed by atoms with Crippen molar-refractivity contribution in [1.29, 1.82) is 0 Å². The number of hydrogen-bond acceptors (Lipinski definition) is 6. The van der Waals surface area contributed by atoms with E-state index in [2.05, 4.69) is 45.0 Å². The van der Waals surface area contributed by atoms with E-state index in [9.17, 15) is 19.5 Å². The molecule has 3 rings (SSSR count). The Labute approximate surface area is 220 Å². The van der Waals surface area contributed by atoms with Gasteiger partial charge in [-0.25, -0.2) is 4.79 Å². The van der Waals surface area contributed by atoms with E-state index in [0.29, 0.717) is 5.56 Å². The highest BCUT2D eigenvalue weighted by molar-refractivity contribution is 6.74. The Balaban J connectivity index is 1.89. The molecule has 0 radical (unpaired) electrons. The second-order valence-electron chi connectivity index (χ2n) is 11.5. The van der Waals surface area contributed by atoms with Crippen LogP contribution in [0.4, 0.5) is 0 Å². The van der Waals surface area contributed by atoms with Crippen molar-refractivity contribution in [1.82, 2.24) is 9.47 Å². The topological polar surface area (TPSA) is 98.1 Å². The van der Waals surface area contributed by atoms with Crippen molar-refractivity contribution in [2.45, 2.75) is 77.5 Å². The van der Waals surface area contributed by atoms with Crippen molar-refractivity contribution < 1.29 is 28.7 Å². The summed E-state index contributed by atoms with van der Waals surface area (Å²) in [6.45, 7) is 17.8. The molecule has 1 fully saturated rings. The van der Waals surface area contributed by atoms with E-state index in [0.717, 1.165) is 21.5 Å². The molecule has 2 heterocycles. The molecule has 2 aromatic rings. The fourth-order valence-corrected chi connectivity index (χ4v) is 6.07. The van der Waals surface area contributed by atoms with Gasteiger partial charge in [-0.05, 0) is 56.2 Å². The van der Waals surface area contributed by atoms with Crippen LogP contribution in [-0.4, -0.2) is 65.5 Å². The minimum atomic E-state index is -2.22. The number of aliphatic hydroxyl groups excluding tert-OH is 1. The average molecular weight is 529 g/mol. The number of hydrogen-bond donors (Lipinski definition) is 1. The minimum Gasteiger partial charge on any atom is -0.458 e. The number of carbonyl (C=O) groups is 3. The molecule has 0 bridgehead atoms. The Morgan fingerprint density at radius 3 is 2.49 bits per heavy atom. The maximum atomic E-state index is 13.4. The summed E-state index contributed by atoms with van der Waals surface area (Å²) in [5.41, 5.74) is 2.61. The largest absolute Gasteiger partial charge is 0.458 e. The van der Waals surface area contributed by atoms with Crippen molar-refractivity contribution >= 4 is 36.9 Å². The number of aliphatic hydroxyl groups is 1. The lowest BCUT2D eigenvalue weighted by Crippen LogP contribution is -2.70. The molecule has 1 amide bonds. The van der Waals surface area contributed by atoms with Gasteiger partial charge in [0.1, 0.15) is 6.61 Å². The number of benzene rings is 1. The van der Waals surface area contributed by atoms with Crippen LogP contribution in [0.2, 0.25) is 18.1 Å². The molecule has 1 aliphatic heterocycles. The van der Waals surface area contributed by atoms with Gasteiger partial charge in [-0.1, -0.05) is 33.4 Å². The van der Waals surface area contributed by atoms with E-state index in [-0.39, 0.29) is 23.8 Å². The summed E-state index contributed by atoms with van der Waals surface area (Å²) in [6, 6.07) is 6.83. The summed E-state index contributed by atoms with van der Waals surface area (Å²) in [4.78, 5) is 40.1. The number of nitrogens with zero attached hydrogens (tertiary/aromatic N) is 2. The second-order valence-corrected chi connectivity index (χ2v) is 16.2. The SMILES string of the molecule is C=CCOC(=O)C(O)N1C(=O)[C@H]([C@@H](C)O[Si](C)(C)C(C)(C)C)[C@H]1CC(=O)c1ccc2c(c1)cc(C)n2C. The molecule has 4 atom stereocenters. The molecule has 9 heteroatoms. The Morgan fingerprint density at radius 1 is 1.24 bits per heavy atom. The Kier molecular flexibility index (Phi) is 8.21. The number of Topliss-reactive ketones (excluding diaryl/α,β-unsaturated/α-hetero) is 1. The van der Waals surface area contributed by atoms with Crippen LogP contribution in [0.25, 0.3) is 10.9 Å². The zero-order valence-corrected chi connectivity index (χ0v) is 24.2. The van der Waals surface area contributed by atoms with Crippen LogP contribution in [0.5, 0.6) is 0 Å². The van der Waals surface area contributed by atoms with Gasteiger partial charge < -0.3 is 23.7 Å². The van der Waals surface area contributed by atoms with Gasteiger partial charge in [0.2, 0.25) is 12.1 Å². The standard InChI is InChI=1S/C28H40N2O6Si/c1-10-13-35-27(34)26(33)30-22(24(25(30)32)18(3)36-37(8,9)28(4,5)6)16-23(31)19-11-12-21-20(15-19)14-17(2)29(21)7/h10-12,14-15,18,22,24,26,33H,1,13,16H2,2-9H3/t18-,22-,24-,26?/m1/s1. The van der Waals surface area contributed by atoms with Gasteiger partial charge in [0.15, 0.2) is 14.1 Å². The normalized spacial score (nSPS) is 19.9. The Morgan fingerprint density at radius 2 is 1.89 bits per heavy atom. The highest BCUT2D eigenvalue weighted by atomic mass is 28.4. The van der Waals surface area contributed by atoms with Crippen LogP contribution in [0.1, 0.15) is 50.2 Å². The minimum absolute atomic E-state index is 0.0509. The highest BCUT2D eigenvalue weighted by Crippen LogP contribution is 2.42. The lowest BCUT2D eigenvalue weighted by atomic mass is 9.79. The van der Waals surface area contributed by atoms with Gasteiger partial charge >= 0.3 is 5.97 Å². The molecule has 1 unspecified atom stereocenters. The maximum absolute atomic E-state index is 13.4. The van der Waals surface area contributed by atoms with Crippen LogP contribution in [0.15, 0.2) is 36.9 Å². The summed E-state index contributed by atoms with van der Waals surface area (Å²) in [5, 5.41) is 11.6. The van der Waals surface area contributed by atoms with E-state index < -0.39 is 44.5 Å². The number of aryl methyl sites for hydroxylation is 2. The molecule has 1 saturated heterocycles. The molecule has 202 valence electrons. The number of aromatic nitrogens is 1. The first-order valence-electron chi connectivity index (χ1n) is 12.7. The van der Waals surface area contributed by atoms with Crippen LogP contribution < -0.4 is 0 Å². The number of carbonyl (C=O) groups excluding carboxylic acids is 3. The molecule has 0 aliphatic carbocycles. The van der Waals surface area contributed by atoms with Crippen LogP contribution in [-0.2, 0) is 25.8 Å². The van der Waals surface area contributed by atoms with Gasteiger partial charge in [0.05, 0.1) is 18.1 Å². The summed E-state index contributed by atoms with van der Waals surface area (Å²) in [5.74, 6) is -2.23. The lowest BCUT2D eigenvalue weighted by molar-refractivity contribution is -0.195. The van der Waals surface area contributed by atoms with Crippen molar-refractivity contribution in [3.63, 3.8) is 0 Å². The smallest absolute Gasteiger partial charge is 0.356 e. The number of β-lactam (4-membered cyclic amide) rings is 1. The molecular weight excluding hydrogens is 488 g/mol. The zero-order valence-electron chi connectivity index (χ0n) is 23.2. The number of amides is 1. The van der Waals surface area contributed by atoms with Crippen LogP contribution in [0, 0.1) is 12.8 Å². The molecule has 1 N–H and O–H groups in total. The average Bonchev–Trinajstić information content (AvgIpc) is 3.08. The third kappa shape index (κ3) is 5.58. The molecule has 1 aliphatic rings. The quantitative estimate of drug-likeness (QED) is 0.162. The first-order valence-corrected chi connectivity index (χ1v) is 15.6. The number of esters is 1. The first kappa shape index (κ1) is 28.8. The van der Waals surface area contributed by atoms with E-state index in [1.165, 1.54) is 6.08 Å². The zero-order chi connectivity index (χ0) is 27.9. The Hall–Kier alpha value is -2.75. The van der Waals surface area contributed by atoms with Crippen molar-refractivity contribution in [2.75, 3.05) is 6.61 Å². The van der Waals surface area contributed by atoms with E-state index in [1.54, 1.807) is 6.07 Å². The summed E-state index contributed by atoms with van der Waals surface area (Å²) in [7, 11) is -0.251. The number of ketones is 1. The fraction of sp³-hybridized carbons (Fsp3) is 0.536. The fourth-order valence-electron chi connectivity index (χ4n) is 4.64. The molecule has 0 saturated carbocycles. The van der Waals surface area contributed by atoms with Crippen LogP contribution in [0.3, 0.4) is 0 Å². The molecule has 37 heavy (non-hydrogen) atoms. The van der Waals surface area contributed by atoms with Gasteiger partial charge in [-0.15, -0.1) is 0 Å². The summed E-state index contributed by atoms with van der Waals surface area (Å²) >= 11 is 0. The second kappa shape index (κ2) is 10.5. The number of ether oxygens (including phenoxy) is 1. The highest BCUT2D eigenvalue weighted by Gasteiger charge is 2.56. The van der Waals surface area contributed by atoms with Crippen molar-refractivity contribution in [3.8, 4) is 0 Å². The molecule has 0 spiro atoms. The molecular formula is C28H40N2O6Si. The third-order valence-corrected chi connectivity index (χ3v) is 12.5. The Bertz CT molecular complexity index is 1210. The third-order valence-electron chi connectivity index (χ3n) is 7.92. The predicted molar refractivity (Wildman–Crippen MR) is 146 cm³/mol. The van der Waals surface area contributed by atoms with E-state index >= 15 is 0 Å². The first-order chi connectivity index (χ1) is 17.1. The van der Waals surface area contributed by atoms with Gasteiger partial charge in [0.25, 0.3) is 0 Å². The maximum Gasteiger partial charge on any atom is 0.356 e. The van der Waals surface area contributed by atoms with Gasteiger partial charge in [-0.2, -0.15) is 0 Å². The monoisotopic (exact) mass is 528 g/mol. The predicted octanol–water partition coefficient (Wildman–Crippen LogP) is 4.34. The van der Waals surface area contributed by atoms with Crippen LogP contribution >= 0.6 is 0 Å². The van der Waals surface area contributed by atoms with E-state index in [1.807, 2.05) is 39.1 Å². The van der Waals surface area contributed by atoms with E-state index in [4.69, 9.17) is 9.16 Å². The molecule has 1 aromatic heterocycles. The molecule has 8 nitrogen and oxygen atoms in total. The lowest BCUT2D eigenvalue weighted by Gasteiger charge is -2.52. The number of rotatable bonds is 10. The van der Waals surface area contributed by atoms with Gasteiger partial charge in [-0.3, -0.25) is 9.59 Å². The summed E-state index contributed by atoms with van der Waals surface area (Å²) in [6.07, 6.45) is -0.966. The van der Waals surface area contributed by atoms with Crippen molar-refractivity contribution in [3.05, 3.63) is 48.2 Å². The summed E-state index contributed by atoms with van der Waals surface area (Å²) < 4.78 is 13.5. The molecule has 1 aromatic carbocycles. The number of fused-ring (bicyclic) bond motifs is 1.